The lowest BCUT2D eigenvalue weighted by atomic mass is 10.1. The summed E-state index contributed by atoms with van der Waals surface area (Å²) in [6, 6.07) is 4.38. The molecule has 0 spiro atoms. The Morgan fingerprint density at radius 2 is 2.30 bits per heavy atom. The molecule has 1 aliphatic heterocycles. The van der Waals surface area contributed by atoms with E-state index in [1.165, 1.54) is 24.2 Å². The largest absolute Gasteiger partial charge is 0.492 e. The molecule has 2 N–H and O–H groups in total. The topological polar surface area (TPSA) is 70.4 Å². The number of aromatic nitrogens is 2. The Labute approximate surface area is 119 Å². The van der Waals surface area contributed by atoms with E-state index in [0.717, 1.165) is 27.0 Å². The summed E-state index contributed by atoms with van der Waals surface area (Å²) in [7, 11) is 0. The summed E-state index contributed by atoms with van der Waals surface area (Å²) in [5, 5.41) is 14.0. The van der Waals surface area contributed by atoms with Crippen LogP contribution in [0.3, 0.4) is 0 Å². The lowest BCUT2D eigenvalue weighted by molar-refractivity contribution is 0.456. The SMILES string of the molecule is Oc1nc(NC2CC2)sc1/C=C1\C=Nc2ncccc21. The van der Waals surface area contributed by atoms with E-state index in [0.29, 0.717) is 6.04 Å². The molecule has 0 atom stereocenters. The highest BCUT2D eigenvalue weighted by Crippen LogP contribution is 2.36. The second kappa shape index (κ2) is 4.42. The summed E-state index contributed by atoms with van der Waals surface area (Å²) in [6.07, 6.45) is 7.76. The Balaban J connectivity index is 1.67. The van der Waals surface area contributed by atoms with Crippen LogP contribution >= 0.6 is 11.3 Å². The number of aliphatic imine (C=N–C) groups is 1. The van der Waals surface area contributed by atoms with Crippen LogP contribution in [0.4, 0.5) is 10.9 Å². The molecule has 20 heavy (non-hydrogen) atoms. The number of nitrogens with one attached hydrogen (secondary N) is 1. The molecule has 0 radical (unpaired) electrons. The summed E-state index contributed by atoms with van der Waals surface area (Å²) in [5.74, 6) is 0.787. The van der Waals surface area contributed by atoms with Crippen LogP contribution in [0.1, 0.15) is 23.3 Å². The second-order valence-corrected chi connectivity index (χ2v) is 5.89. The number of nitrogens with zero attached hydrogens (tertiary/aromatic N) is 3. The average molecular weight is 284 g/mol. The number of allylic oxidation sites excluding steroid dienone is 1. The number of pyridine rings is 1. The normalized spacial score (nSPS) is 18.5. The molecule has 1 saturated carbocycles. The number of hydrogen-bond donors (Lipinski definition) is 2. The van der Waals surface area contributed by atoms with E-state index in [1.807, 2.05) is 18.2 Å². The van der Waals surface area contributed by atoms with Gasteiger partial charge in [0, 0.05) is 29.6 Å². The van der Waals surface area contributed by atoms with Crippen molar-refractivity contribution in [2.24, 2.45) is 4.99 Å². The van der Waals surface area contributed by atoms with Crippen molar-refractivity contribution in [2.45, 2.75) is 18.9 Å². The Hall–Kier alpha value is -2.21. The van der Waals surface area contributed by atoms with E-state index in [9.17, 15) is 5.11 Å². The van der Waals surface area contributed by atoms with Gasteiger partial charge in [0.1, 0.15) is 0 Å². The first-order chi connectivity index (χ1) is 9.79. The molecule has 100 valence electrons. The lowest BCUT2D eigenvalue weighted by Crippen LogP contribution is -1.99. The monoisotopic (exact) mass is 284 g/mol. The summed E-state index contributed by atoms with van der Waals surface area (Å²) in [6.45, 7) is 0. The third-order valence-electron chi connectivity index (χ3n) is 3.25. The van der Waals surface area contributed by atoms with Crippen LogP contribution in [0.2, 0.25) is 0 Å². The van der Waals surface area contributed by atoms with Gasteiger partial charge in [-0.1, -0.05) is 11.3 Å². The van der Waals surface area contributed by atoms with E-state index >= 15 is 0 Å². The first-order valence-electron chi connectivity index (χ1n) is 6.47. The number of rotatable bonds is 3. The molecule has 2 aromatic heterocycles. The van der Waals surface area contributed by atoms with Crippen LogP contribution < -0.4 is 5.32 Å². The van der Waals surface area contributed by atoms with Gasteiger partial charge in [-0.3, -0.25) is 0 Å². The first kappa shape index (κ1) is 11.6. The van der Waals surface area contributed by atoms with Crippen molar-refractivity contribution >= 4 is 40.1 Å². The van der Waals surface area contributed by atoms with Gasteiger partial charge in [-0.15, -0.1) is 0 Å². The van der Waals surface area contributed by atoms with Crippen LogP contribution in [-0.4, -0.2) is 27.3 Å². The van der Waals surface area contributed by atoms with Crippen molar-refractivity contribution < 1.29 is 5.11 Å². The molecule has 1 fully saturated rings. The first-order valence-corrected chi connectivity index (χ1v) is 7.29. The highest BCUT2D eigenvalue weighted by Gasteiger charge is 2.23. The maximum atomic E-state index is 9.93. The van der Waals surface area contributed by atoms with Crippen LogP contribution in [0.5, 0.6) is 5.88 Å². The molecular formula is C14H12N4OS. The highest BCUT2D eigenvalue weighted by atomic mass is 32.1. The highest BCUT2D eigenvalue weighted by molar-refractivity contribution is 7.16. The van der Waals surface area contributed by atoms with Crippen molar-refractivity contribution in [3.05, 3.63) is 28.8 Å². The summed E-state index contributed by atoms with van der Waals surface area (Å²) >= 11 is 1.46. The molecule has 0 unspecified atom stereocenters. The maximum Gasteiger partial charge on any atom is 0.231 e. The Kier molecular flexibility index (Phi) is 2.56. The van der Waals surface area contributed by atoms with E-state index in [4.69, 9.17) is 0 Å². The molecule has 2 aliphatic rings. The smallest absolute Gasteiger partial charge is 0.231 e. The minimum atomic E-state index is 0.0661. The molecule has 0 bridgehead atoms. The van der Waals surface area contributed by atoms with Crippen LogP contribution in [0.25, 0.3) is 11.6 Å². The fraction of sp³-hybridized carbons (Fsp3) is 0.214. The number of fused-ring (bicyclic) bond motifs is 1. The van der Waals surface area contributed by atoms with Crippen molar-refractivity contribution in [1.29, 1.82) is 0 Å². The Morgan fingerprint density at radius 1 is 1.40 bits per heavy atom. The van der Waals surface area contributed by atoms with Crippen molar-refractivity contribution in [3.8, 4) is 5.88 Å². The number of thiazole rings is 1. The minimum absolute atomic E-state index is 0.0661. The van der Waals surface area contributed by atoms with Crippen LogP contribution in [-0.2, 0) is 0 Å². The molecular weight excluding hydrogens is 272 g/mol. The van der Waals surface area contributed by atoms with Gasteiger partial charge in [0.05, 0.1) is 4.88 Å². The number of aromatic hydroxyl groups is 1. The van der Waals surface area contributed by atoms with E-state index in [-0.39, 0.29) is 5.88 Å². The predicted molar refractivity (Wildman–Crippen MR) is 80.7 cm³/mol. The summed E-state index contributed by atoms with van der Waals surface area (Å²) < 4.78 is 0. The zero-order chi connectivity index (χ0) is 13.5. The molecule has 6 heteroatoms. The quantitative estimate of drug-likeness (QED) is 0.908. The molecule has 1 aliphatic carbocycles. The molecule has 0 amide bonds. The maximum absolute atomic E-state index is 9.93. The molecule has 2 aromatic rings. The van der Waals surface area contributed by atoms with Crippen molar-refractivity contribution in [1.82, 2.24) is 9.97 Å². The Bertz CT molecular complexity index is 731. The van der Waals surface area contributed by atoms with Crippen molar-refractivity contribution in [2.75, 3.05) is 5.32 Å². The third kappa shape index (κ3) is 2.08. The van der Waals surface area contributed by atoms with E-state index < -0.39 is 0 Å². The zero-order valence-electron chi connectivity index (χ0n) is 10.6. The molecule has 5 nitrogen and oxygen atoms in total. The fourth-order valence-corrected chi connectivity index (χ4v) is 2.95. The third-order valence-corrected chi connectivity index (χ3v) is 4.17. The van der Waals surface area contributed by atoms with Gasteiger partial charge in [-0.25, -0.2) is 9.98 Å². The summed E-state index contributed by atoms with van der Waals surface area (Å²) in [5.41, 5.74) is 1.93. The minimum Gasteiger partial charge on any atom is -0.492 e. The van der Waals surface area contributed by atoms with Gasteiger partial charge in [0.25, 0.3) is 0 Å². The second-order valence-electron chi connectivity index (χ2n) is 4.86. The van der Waals surface area contributed by atoms with Crippen LogP contribution in [0.15, 0.2) is 23.3 Å². The molecule has 0 saturated heterocycles. The van der Waals surface area contributed by atoms with Gasteiger partial charge in [-0.05, 0) is 31.1 Å². The van der Waals surface area contributed by atoms with E-state index in [1.54, 1.807) is 12.4 Å². The van der Waals surface area contributed by atoms with Gasteiger partial charge in [0.15, 0.2) is 10.9 Å². The number of anilines is 1. The molecule has 4 rings (SSSR count). The molecule has 0 aromatic carbocycles. The van der Waals surface area contributed by atoms with E-state index in [2.05, 4.69) is 20.3 Å². The zero-order valence-corrected chi connectivity index (χ0v) is 11.4. The fourth-order valence-electron chi connectivity index (χ4n) is 2.06. The van der Waals surface area contributed by atoms with Gasteiger partial charge in [0.2, 0.25) is 5.88 Å². The lowest BCUT2D eigenvalue weighted by Gasteiger charge is -1.97. The van der Waals surface area contributed by atoms with Gasteiger partial charge in [-0.2, -0.15) is 4.98 Å². The standard InChI is InChI=1S/C14H12N4OS/c19-13-11(20-14(18-13)17-9-3-4-9)6-8-7-16-12-10(8)2-1-5-15-12/h1-2,5-7,9,19H,3-4H2,(H,17,18)/b8-6+. The predicted octanol–water partition coefficient (Wildman–Crippen LogP) is 3.07. The van der Waals surface area contributed by atoms with Gasteiger partial charge < -0.3 is 10.4 Å². The summed E-state index contributed by atoms with van der Waals surface area (Å²) in [4.78, 5) is 13.3. The number of hydrogen-bond acceptors (Lipinski definition) is 6. The van der Waals surface area contributed by atoms with Gasteiger partial charge >= 0.3 is 0 Å². The van der Waals surface area contributed by atoms with Crippen molar-refractivity contribution in [3.63, 3.8) is 0 Å². The average Bonchev–Trinajstić information content (AvgIpc) is 3.07. The Morgan fingerprint density at radius 3 is 3.15 bits per heavy atom. The molecule has 3 heterocycles. The van der Waals surface area contributed by atoms with Crippen LogP contribution in [0, 0.1) is 0 Å².